The van der Waals surface area contributed by atoms with Gasteiger partial charge in [0.25, 0.3) is 0 Å². The van der Waals surface area contributed by atoms with Crippen molar-refractivity contribution in [1.82, 2.24) is 0 Å². The lowest BCUT2D eigenvalue weighted by Gasteiger charge is -2.11. The molecular formula is C11H14FNO2. The van der Waals surface area contributed by atoms with Crippen LogP contribution < -0.4 is 5.32 Å². The highest BCUT2D eigenvalue weighted by Crippen LogP contribution is 2.11. The van der Waals surface area contributed by atoms with Gasteiger partial charge in [-0.05, 0) is 30.7 Å². The molecule has 0 fully saturated rings. The molecule has 0 aliphatic carbocycles. The number of benzene rings is 1. The van der Waals surface area contributed by atoms with Crippen molar-refractivity contribution in [1.29, 1.82) is 0 Å². The van der Waals surface area contributed by atoms with Crippen molar-refractivity contribution in [2.24, 2.45) is 5.92 Å². The van der Waals surface area contributed by atoms with Crippen LogP contribution in [0.4, 0.5) is 10.1 Å². The molecule has 0 saturated carbocycles. The van der Waals surface area contributed by atoms with E-state index < -0.39 is 5.92 Å². The summed E-state index contributed by atoms with van der Waals surface area (Å²) in [6.45, 7) is 1.65. The summed E-state index contributed by atoms with van der Waals surface area (Å²) in [4.78, 5) is 11.5. The number of carbonyl (C=O) groups excluding carboxylic acids is 1. The molecule has 1 amide bonds. The maximum atomic E-state index is 12.6. The first-order valence-corrected chi connectivity index (χ1v) is 4.84. The minimum Gasteiger partial charge on any atom is -0.396 e. The zero-order valence-electron chi connectivity index (χ0n) is 8.53. The number of hydrogen-bond acceptors (Lipinski definition) is 2. The lowest BCUT2D eigenvalue weighted by Crippen LogP contribution is -2.24. The van der Waals surface area contributed by atoms with E-state index in [-0.39, 0.29) is 18.3 Å². The Labute approximate surface area is 87.9 Å². The summed E-state index contributed by atoms with van der Waals surface area (Å²) in [6, 6.07) is 5.51. The molecule has 15 heavy (non-hydrogen) atoms. The monoisotopic (exact) mass is 211 g/mol. The van der Waals surface area contributed by atoms with E-state index in [0.29, 0.717) is 12.1 Å². The Morgan fingerprint density at radius 2 is 2.07 bits per heavy atom. The molecule has 1 rings (SSSR count). The second kappa shape index (κ2) is 5.46. The molecular weight excluding hydrogens is 197 g/mol. The molecule has 0 bridgehead atoms. The van der Waals surface area contributed by atoms with Gasteiger partial charge in [-0.3, -0.25) is 4.79 Å². The summed E-state index contributed by atoms with van der Waals surface area (Å²) in [5.74, 6) is -0.996. The number of halogens is 1. The minimum absolute atomic E-state index is 0.177. The topological polar surface area (TPSA) is 49.3 Å². The maximum Gasteiger partial charge on any atom is 0.229 e. The molecule has 0 saturated heterocycles. The van der Waals surface area contributed by atoms with E-state index in [1.165, 1.54) is 24.3 Å². The largest absolute Gasteiger partial charge is 0.396 e. The molecule has 0 heterocycles. The first-order valence-electron chi connectivity index (χ1n) is 4.84. The van der Waals surface area contributed by atoms with Gasteiger partial charge in [0.05, 0.1) is 12.5 Å². The summed E-state index contributed by atoms with van der Waals surface area (Å²) in [5, 5.41) is 11.5. The standard InChI is InChI=1S/C11H14FNO2/c1-2-8(7-14)11(15)13-10-5-3-9(12)4-6-10/h3-6,8,14H,2,7H2,1H3,(H,13,15). The van der Waals surface area contributed by atoms with Gasteiger partial charge < -0.3 is 10.4 Å². The van der Waals surface area contributed by atoms with Crippen molar-refractivity contribution < 1.29 is 14.3 Å². The third-order valence-electron chi connectivity index (χ3n) is 2.20. The highest BCUT2D eigenvalue weighted by molar-refractivity contribution is 5.92. The molecule has 0 aromatic heterocycles. The smallest absolute Gasteiger partial charge is 0.229 e. The van der Waals surface area contributed by atoms with Crippen molar-refractivity contribution in [2.45, 2.75) is 13.3 Å². The summed E-state index contributed by atoms with van der Waals surface area (Å²) in [7, 11) is 0. The van der Waals surface area contributed by atoms with E-state index in [9.17, 15) is 9.18 Å². The number of aliphatic hydroxyl groups excluding tert-OH is 1. The fourth-order valence-electron chi connectivity index (χ4n) is 1.17. The number of aliphatic hydroxyl groups is 1. The van der Waals surface area contributed by atoms with Crippen LogP contribution >= 0.6 is 0 Å². The average molecular weight is 211 g/mol. The Bertz CT molecular complexity index is 320. The summed E-state index contributed by atoms with van der Waals surface area (Å²) in [6.07, 6.45) is 0.573. The van der Waals surface area contributed by atoms with Gasteiger partial charge in [0, 0.05) is 5.69 Å². The zero-order chi connectivity index (χ0) is 11.3. The van der Waals surface area contributed by atoms with Crippen LogP contribution in [0.3, 0.4) is 0 Å². The average Bonchev–Trinajstić information content (AvgIpc) is 2.23. The lowest BCUT2D eigenvalue weighted by atomic mass is 10.1. The van der Waals surface area contributed by atoms with Gasteiger partial charge in [-0.2, -0.15) is 0 Å². The molecule has 82 valence electrons. The summed E-state index contributed by atoms with van der Waals surface area (Å²) < 4.78 is 12.6. The van der Waals surface area contributed by atoms with Crippen molar-refractivity contribution in [3.05, 3.63) is 30.1 Å². The highest BCUT2D eigenvalue weighted by Gasteiger charge is 2.14. The molecule has 1 atom stereocenters. The van der Waals surface area contributed by atoms with Crippen LogP contribution in [0.1, 0.15) is 13.3 Å². The van der Waals surface area contributed by atoms with Crippen LogP contribution in [-0.2, 0) is 4.79 Å². The van der Waals surface area contributed by atoms with Crippen molar-refractivity contribution >= 4 is 11.6 Å². The maximum absolute atomic E-state index is 12.6. The van der Waals surface area contributed by atoms with Gasteiger partial charge in [-0.1, -0.05) is 6.92 Å². The Hall–Kier alpha value is -1.42. The van der Waals surface area contributed by atoms with Gasteiger partial charge in [-0.25, -0.2) is 4.39 Å². The number of hydrogen-bond donors (Lipinski definition) is 2. The Balaban J connectivity index is 2.61. The Morgan fingerprint density at radius 3 is 2.53 bits per heavy atom. The van der Waals surface area contributed by atoms with E-state index in [1.807, 2.05) is 6.92 Å². The Kier molecular flexibility index (Phi) is 4.24. The fourth-order valence-corrected chi connectivity index (χ4v) is 1.17. The molecule has 0 aliphatic rings. The molecule has 4 heteroatoms. The molecule has 1 aromatic rings. The first-order chi connectivity index (χ1) is 7.17. The van der Waals surface area contributed by atoms with Crippen LogP contribution in [-0.4, -0.2) is 17.6 Å². The second-order valence-corrected chi connectivity index (χ2v) is 3.28. The van der Waals surface area contributed by atoms with E-state index in [2.05, 4.69) is 5.32 Å². The molecule has 1 aromatic carbocycles. The molecule has 0 aliphatic heterocycles. The quantitative estimate of drug-likeness (QED) is 0.797. The van der Waals surface area contributed by atoms with Gasteiger partial charge in [0.15, 0.2) is 0 Å². The molecule has 1 unspecified atom stereocenters. The van der Waals surface area contributed by atoms with Crippen molar-refractivity contribution in [3.8, 4) is 0 Å². The van der Waals surface area contributed by atoms with Crippen LogP contribution in [0.2, 0.25) is 0 Å². The molecule has 0 spiro atoms. The van der Waals surface area contributed by atoms with Crippen LogP contribution in [0, 0.1) is 11.7 Å². The minimum atomic E-state index is -0.407. The van der Waals surface area contributed by atoms with Crippen molar-refractivity contribution in [3.63, 3.8) is 0 Å². The Morgan fingerprint density at radius 1 is 1.47 bits per heavy atom. The third kappa shape index (κ3) is 3.32. The number of carbonyl (C=O) groups is 1. The highest BCUT2D eigenvalue weighted by atomic mass is 19.1. The zero-order valence-corrected chi connectivity index (χ0v) is 8.53. The summed E-state index contributed by atoms with van der Waals surface area (Å²) >= 11 is 0. The number of rotatable bonds is 4. The van der Waals surface area contributed by atoms with Gasteiger partial charge in [0.2, 0.25) is 5.91 Å². The predicted octanol–water partition coefficient (Wildman–Crippen LogP) is 1.78. The van der Waals surface area contributed by atoms with Crippen molar-refractivity contribution in [2.75, 3.05) is 11.9 Å². The number of anilines is 1. The third-order valence-corrected chi connectivity index (χ3v) is 2.20. The first kappa shape index (κ1) is 11.7. The van der Waals surface area contributed by atoms with Crippen LogP contribution in [0.15, 0.2) is 24.3 Å². The lowest BCUT2D eigenvalue weighted by molar-refractivity contribution is -0.121. The van der Waals surface area contributed by atoms with E-state index in [4.69, 9.17) is 5.11 Å². The fraction of sp³-hybridized carbons (Fsp3) is 0.364. The second-order valence-electron chi connectivity index (χ2n) is 3.28. The molecule has 0 radical (unpaired) electrons. The van der Waals surface area contributed by atoms with E-state index in [1.54, 1.807) is 0 Å². The molecule has 3 nitrogen and oxygen atoms in total. The van der Waals surface area contributed by atoms with E-state index in [0.717, 1.165) is 0 Å². The predicted molar refractivity (Wildman–Crippen MR) is 55.9 cm³/mol. The van der Waals surface area contributed by atoms with E-state index >= 15 is 0 Å². The van der Waals surface area contributed by atoms with Crippen LogP contribution in [0.25, 0.3) is 0 Å². The normalized spacial score (nSPS) is 12.2. The molecule has 2 N–H and O–H groups in total. The van der Waals surface area contributed by atoms with Gasteiger partial charge >= 0.3 is 0 Å². The summed E-state index contributed by atoms with van der Waals surface area (Å²) in [5.41, 5.74) is 0.535. The number of amides is 1. The number of nitrogens with one attached hydrogen (secondary N) is 1. The SMILES string of the molecule is CCC(CO)C(=O)Nc1ccc(F)cc1. The van der Waals surface area contributed by atoms with Gasteiger partial charge in [-0.15, -0.1) is 0 Å². The van der Waals surface area contributed by atoms with Crippen LogP contribution in [0.5, 0.6) is 0 Å². The van der Waals surface area contributed by atoms with Gasteiger partial charge in [0.1, 0.15) is 5.82 Å².